The van der Waals surface area contributed by atoms with Crippen LogP contribution in [0.25, 0.3) is 0 Å². The minimum atomic E-state index is -0.674. The van der Waals surface area contributed by atoms with Crippen molar-refractivity contribution in [3.05, 3.63) is 35.9 Å². The lowest BCUT2D eigenvalue weighted by molar-refractivity contribution is -0.155. The first-order valence-electron chi connectivity index (χ1n) is 6.36. The van der Waals surface area contributed by atoms with Gasteiger partial charge in [0.25, 0.3) is 0 Å². The van der Waals surface area contributed by atoms with Gasteiger partial charge in [-0.15, -0.1) is 0 Å². The number of hydrogen-bond donors (Lipinski definition) is 2. The van der Waals surface area contributed by atoms with Gasteiger partial charge in [-0.1, -0.05) is 30.3 Å². The molecule has 1 aromatic carbocycles. The molecule has 1 aromatic rings. The van der Waals surface area contributed by atoms with Gasteiger partial charge in [0.2, 0.25) is 12.3 Å². The summed E-state index contributed by atoms with van der Waals surface area (Å²) in [6.07, 6.45) is 0.560. The number of nitrogens with one attached hydrogen (secondary N) is 1. The summed E-state index contributed by atoms with van der Waals surface area (Å²) in [6, 6.07) is 9.18. The first-order chi connectivity index (χ1) is 10.1. The van der Waals surface area contributed by atoms with Gasteiger partial charge in [-0.3, -0.25) is 19.6 Å². The van der Waals surface area contributed by atoms with Crippen LogP contribution in [0.1, 0.15) is 5.56 Å². The monoisotopic (exact) mass is 294 g/mol. The van der Waals surface area contributed by atoms with Crippen LogP contribution < -0.4 is 5.32 Å². The Morgan fingerprint density at radius 3 is 2.62 bits per heavy atom. The molecule has 114 valence electrons. The van der Waals surface area contributed by atoms with Gasteiger partial charge < -0.3 is 10.1 Å². The van der Waals surface area contributed by atoms with E-state index in [9.17, 15) is 19.6 Å². The molecule has 0 saturated heterocycles. The van der Waals surface area contributed by atoms with Gasteiger partial charge in [-0.2, -0.15) is 0 Å². The molecule has 0 aromatic heterocycles. The Labute approximate surface area is 122 Å². The summed E-state index contributed by atoms with van der Waals surface area (Å²) in [6.45, 7) is -0.418. The summed E-state index contributed by atoms with van der Waals surface area (Å²) in [5.74, 6) is -1.68. The number of methoxy groups -OCH3 is 1. The molecule has 7 heteroatoms. The summed E-state index contributed by atoms with van der Waals surface area (Å²) in [5.41, 5.74) is 0.884. The number of amides is 2. The average molecular weight is 294 g/mol. The van der Waals surface area contributed by atoms with Crippen LogP contribution in [-0.2, 0) is 25.5 Å². The van der Waals surface area contributed by atoms with Crippen molar-refractivity contribution in [2.24, 2.45) is 5.92 Å². The van der Waals surface area contributed by atoms with E-state index >= 15 is 0 Å². The van der Waals surface area contributed by atoms with E-state index in [1.807, 2.05) is 30.3 Å². The van der Waals surface area contributed by atoms with Gasteiger partial charge in [0.05, 0.1) is 19.6 Å². The Balaban J connectivity index is 2.69. The highest BCUT2D eigenvalue weighted by Crippen LogP contribution is 2.10. The van der Waals surface area contributed by atoms with Crippen LogP contribution >= 0.6 is 0 Å². The second-order valence-electron chi connectivity index (χ2n) is 4.41. The van der Waals surface area contributed by atoms with E-state index in [4.69, 9.17) is 0 Å². The summed E-state index contributed by atoms with van der Waals surface area (Å²) in [4.78, 5) is 33.6. The standard InChI is InChI=1S/C14H18N2O5/c1-21-13(18)8-15-14(19)12(9-16(20)10-17)7-11-5-3-2-4-6-11/h2-6,10,12,20H,7-9H2,1H3,(H,15,19). The zero-order valence-corrected chi connectivity index (χ0v) is 11.7. The molecule has 21 heavy (non-hydrogen) atoms. The van der Waals surface area contributed by atoms with Crippen molar-refractivity contribution in [1.29, 1.82) is 0 Å². The van der Waals surface area contributed by atoms with Crippen LogP contribution in [0.5, 0.6) is 0 Å². The van der Waals surface area contributed by atoms with Crippen molar-refractivity contribution in [3.8, 4) is 0 Å². The number of hydrogen-bond acceptors (Lipinski definition) is 5. The van der Waals surface area contributed by atoms with Crippen LogP contribution in [0.4, 0.5) is 0 Å². The fraction of sp³-hybridized carbons (Fsp3) is 0.357. The largest absolute Gasteiger partial charge is 0.468 e. The Morgan fingerprint density at radius 1 is 1.38 bits per heavy atom. The van der Waals surface area contributed by atoms with E-state index < -0.39 is 17.8 Å². The van der Waals surface area contributed by atoms with E-state index in [0.29, 0.717) is 11.5 Å². The van der Waals surface area contributed by atoms with Crippen molar-refractivity contribution in [2.75, 3.05) is 20.2 Å². The maximum absolute atomic E-state index is 12.0. The third-order valence-corrected chi connectivity index (χ3v) is 2.86. The van der Waals surface area contributed by atoms with E-state index in [-0.39, 0.29) is 19.5 Å². The quantitative estimate of drug-likeness (QED) is 0.304. The Bertz CT molecular complexity index is 478. The summed E-state index contributed by atoms with van der Waals surface area (Å²) in [7, 11) is 1.22. The van der Waals surface area contributed by atoms with Gasteiger partial charge in [0, 0.05) is 0 Å². The predicted molar refractivity (Wildman–Crippen MR) is 73.2 cm³/mol. The summed E-state index contributed by atoms with van der Waals surface area (Å²) >= 11 is 0. The molecule has 0 aliphatic heterocycles. The Kier molecular flexibility index (Phi) is 6.90. The number of carbonyl (C=O) groups is 3. The number of nitrogens with zero attached hydrogens (tertiary/aromatic N) is 1. The van der Waals surface area contributed by atoms with E-state index in [0.717, 1.165) is 5.56 Å². The first kappa shape index (κ1) is 16.6. The molecular weight excluding hydrogens is 276 g/mol. The third-order valence-electron chi connectivity index (χ3n) is 2.86. The molecule has 0 radical (unpaired) electrons. The molecule has 1 rings (SSSR count). The SMILES string of the molecule is COC(=O)CNC(=O)C(Cc1ccccc1)CN(O)C=O. The van der Waals surface area contributed by atoms with Crippen molar-refractivity contribution in [3.63, 3.8) is 0 Å². The summed E-state index contributed by atoms with van der Waals surface area (Å²) in [5, 5.41) is 12.1. The average Bonchev–Trinajstić information content (AvgIpc) is 2.52. The van der Waals surface area contributed by atoms with E-state index in [2.05, 4.69) is 10.1 Å². The van der Waals surface area contributed by atoms with Crippen LogP contribution in [0.15, 0.2) is 30.3 Å². The molecule has 0 aliphatic rings. The lowest BCUT2D eigenvalue weighted by atomic mass is 9.98. The minimum Gasteiger partial charge on any atom is -0.468 e. The fourth-order valence-corrected chi connectivity index (χ4v) is 1.78. The second-order valence-corrected chi connectivity index (χ2v) is 4.41. The molecule has 0 fully saturated rings. The van der Waals surface area contributed by atoms with Crippen LogP contribution in [0, 0.1) is 5.92 Å². The smallest absolute Gasteiger partial charge is 0.325 e. The molecule has 7 nitrogen and oxygen atoms in total. The van der Waals surface area contributed by atoms with Gasteiger partial charge in [0.15, 0.2) is 0 Å². The number of esters is 1. The number of rotatable bonds is 8. The lowest BCUT2D eigenvalue weighted by Crippen LogP contribution is -2.40. The number of benzene rings is 1. The highest BCUT2D eigenvalue weighted by Gasteiger charge is 2.22. The molecular formula is C14H18N2O5. The molecule has 0 aliphatic carbocycles. The van der Waals surface area contributed by atoms with Crippen molar-refractivity contribution in [1.82, 2.24) is 10.4 Å². The predicted octanol–water partition coefficient (Wildman–Crippen LogP) is -0.0179. The third kappa shape index (κ3) is 6.05. The van der Waals surface area contributed by atoms with Crippen LogP contribution in [0.2, 0.25) is 0 Å². The molecule has 0 bridgehead atoms. The second kappa shape index (κ2) is 8.70. The molecule has 1 atom stereocenters. The molecule has 0 heterocycles. The molecule has 1 unspecified atom stereocenters. The molecule has 2 N–H and O–H groups in total. The maximum Gasteiger partial charge on any atom is 0.325 e. The topological polar surface area (TPSA) is 95.9 Å². The van der Waals surface area contributed by atoms with Gasteiger partial charge in [-0.05, 0) is 12.0 Å². The van der Waals surface area contributed by atoms with Gasteiger partial charge >= 0.3 is 5.97 Å². The Hall–Kier alpha value is -2.41. The van der Waals surface area contributed by atoms with Crippen LogP contribution in [0.3, 0.4) is 0 Å². The number of ether oxygens (including phenoxy) is 1. The number of carbonyl (C=O) groups excluding carboxylic acids is 3. The Morgan fingerprint density at radius 2 is 2.05 bits per heavy atom. The van der Waals surface area contributed by atoms with Crippen molar-refractivity contribution >= 4 is 18.3 Å². The van der Waals surface area contributed by atoms with Crippen LogP contribution in [-0.4, -0.2) is 48.8 Å². The lowest BCUT2D eigenvalue weighted by Gasteiger charge is -2.19. The highest BCUT2D eigenvalue weighted by atomic mass is 16.5. The zero-order valence-electron chi connectivity index (χ0n) is 11.7. The summed E-state index contributed by atoms with van der Waals surface area (Å²) < 4.78 is 4.43. The minimum absolute atomic E-state index is 0.161. The number of hydroxylamine groups is 2. The van der Waals surface area contributed by atoms with E-state index in [1.54, 1.807) is 0 Å². The van der Waals surface area contributed by atoms with Crippen molar-refractivity contribution < 1.29 is 24.3 Å². The molecule has 2 amide bonds. The first-order valence-corrected chi connectivity index (χ1v) is 6.36. The molecule has 0 spiro atoms. The highest BCUT2D eigenvalue weighted by molar-refractivity contribution is 5.84. The zero-order chi connectivity index (χ0) is 15.7. The maximum atomic E-state index is 12.0. The van der Waals surface area contributed by atoms with E-state index in [1.165, 1.54) is 7.11 Å². The van der Waals surface area contributed by atoms with Gasteiger partial charge in [0.1, 0.15) is 6.54 Å². The molecule has 0 saturated carbocycles. The fourth-order valence-electron chi connectivity index (χ4n) is 1.78. The van der Waals surface area contributed by atoms with Crippen molar-refractivity contribution in [2.45, 2.75) is 6.42 Å². The van der Waals surface area contributed by atoms with Gasteiger partial charge in [-0.25, -0.2) is 5.06 Å². The normalized spacial score (nSPS) is 11.3.